The minimum Gasteiger partial charge on any atom is -0.306 e. The minimum absolute atomic E-state index is 0.0614. The van der Waals surface area contributed by atoms with Gasteiger partial charge in [-0.2, -0.15) is 0 Å². The van der Waals surface area contributed by atoms with E-state index in [1.807, 2.05) is 19.1 Å². The molecular weight excluding hydrogens is 251 g/mol. The van der Waals surface area contributed by atoms with Crippen molar-refractivity contribution < 1.29 is 4.39 Å². The Labute approximate surface area is 111 Å². The van der Waals surface area contributed by atoms with E-state index in [1.54, 1.807) is 18.5 Å². The second-order valence-corrected chi connectivity index (χ2v) is 4.53. The van der Waals surface area contributed by atoms with Crippen LogP contribution in [0.25, 0.3) is 0 Å². The topological polar surface area (TPSA) is 24.9 Å². The number of hydrogen-bond donors (Lipinski definition) is 1. The Kier molecular flexibility index (Phi) is 4.28. The van der Waals surface area contributed by atoms with E-state index in [2.05, 4.69) is 10.3 Å². The van der Waals surface area contributed by atoms with Gasteiger partial charge < -0.3 is 5.32 Å². The Bertz CT molecular complexity index is 516. The Morgan fingerprint density at radius 3 is 2.67 bits per heavy atom. The Morgan fingerprint density at radius 2 is 2.00 bits per heavy atom. The van der Waals surface area contributed by atoms with E-state index in [4.69, 9.17) is 11.6 Å². The first-order valence-corrected chi connectivity index (χ1v) is 6.12. The van der Waals surface area contributed by atoms with Crippen molar-refractivity contribution in [3.63, 3.8) is 0 Å². The van der Waals surface area contributed by atoms with Crippen LogP contribution < -0.4 is 5.32 Å². The van der Waals surface area contributed by atoms with Gasteiger partial charge in [0, 0.05) is 30.0 Å². The lowest BCUT2D eigenvalue weighted by molar-refractivity contribution is 0.571. The quantitative estimate of drug-likeness (QED) is 0.910. The van der Waals surface area contributed by atoms with Gasteiger partial charge in [0.25, 0.3) is 0 Å². The van der Waals surface area contributed by atoms with Crippen molar-refractivity contribution in [1.29, 1.82) is 0 Å². The zero-order valence-electron chi connectivity index (χ0n) is 10.0. The van der Waals surface area contributed by atoms with Gasteiger partial charge in [-0.1, -0.05) is 17.7 Å². The van der Waals surface area contributed by atoms with Crippen LogP contribution in [0.1, 0.15) is 24.1 Å². The predicted octanol–water partition coefficient (Wildman–Crippen LogP) is 3.72. The number of pyridine rings is 1. The Morgan fingerprint density at radius 1 is 1.28 bits per heavy atom. The van der Waals surface area contributed by atoms with Gasteiger partial charge in [-0.15, -0.1) is 0 Å². The van der Waals surface area contributed by atoms with Crippen molar-refractivity contribution in [2.24, 2.45) is 0 Å². The van der Waals surface area contributed by atoms with Gasteiger partial charge in [0.1, 0.15) is 5.82 Å². The van der Waals surface area contributed by atoms with E-state index in [1.165, 1.54) is 12.1 Å². The van der Waals surface area contributed by atoms with Gasteiger partial charge in [-0.05, 0) is 42.3 Å². The average Bonchev–Trinajstić information content (AvgIpc) is 2.37. The van der Waals surface area contributed by atoms with Crippen molar-refractivity contribution in [2.75, 3.05) is 0 Å². The molecule has 0 aliphatic rings. The zero-order chi connectivity index (χ0) is 13.0. The molecule has 0 spiro atoms. The molecule has 1 aromatic carbocycles. The van der Waals surface area contributed by atoms with Crippen LogP contribution in [0.5, 0.6) is 0 Å². The lowest BCUT2D eigenvalue weighted by Crippen LogP contribution is -2.18. The van der Waals surface area contributed by atoms with E-state index in [0.717, 1.165) is 17.7 Å². The van der Waals surface area contributed by atoms with Gasteiger partial charge in [0.2, 0.25) is 0 Å². The molecule has 2 aromatic rings. The molecule has 1 heterocycles. The average molecular weight is 265 g/mol. The highest BCUT2D eigenvalue weighted by Crippen LogP contribution is 2.23. The zero-order valence-corrected chi connectivity index (χ0v) is 10.8. The normalized spacial score (nSPS) is 12.4. The molecular formula is C14H14ClFN2. The maximum atomic E-state index is 12.9. The first-order valence-electron chi connectivity index (χ1n) is 5.74. The molecule has 1 aromatic heterocycles. The molecule has 0 aliphatic heterocycles. The second kappa shape index (κ2) is 5.94. The molecule has 94 valence electrons. The third-order valence-electron chi connectivity index (χ3n) is 2.79. The second-order valence-electron chi connectivity index (χ2n) is 4.12. The number of rotatable bonds is 4. The SMILES string of the molecule is CC(NCc1ccncc1)c1ccc(F)cc1Cl. The maximum absolute atomic E-state index is 12.9. The fourth-order valence-electron chi connectivity index (χ4n) is 1.73. The van der Waals surface area contributed by atoms with Crippen molar-refractivity contribution >= 4 is 11.6 Å². The summed E-state index contributed by atoms with van der Waals surface area (Å²) >= 11 is 6.02. The summed E-state index contributed by atoms with van der Waals surface area (Å²) in [6.45, 7) is 2.72. The summed E-state index contributed by atoms with van der Waals surface area (Å²) in [6, 6.07) is 8.43. The van der Waals surface area contributed by atoms with E-state index in [0.29, 0.717) is 5.02 Å². The van der Waals surface area contributed by atoms with Crippen LogP contribution in [0.2, 0.25) is 5.02 Å². The van der Waals surface area contributed by atoms with Gasteiger partial charge >= 0.3 is 0 Å². The Hall–Kier alpha value is -1.45. The summed E-state index contributed by atoms with van der Waals surface area (Å²) in [5.74, 6) is -0.315. The molecule has 0 bridgehead atoms. The van der Waals surface area contributed by atoms with Gasteiger partial charge in [0.15, 0.2) is 0 Å². The molecule has 1 atom stereocenters. The third-order valence-corrected chi connectivity index (χ3v) is 3.12. The monoisotopic (exact) mass is 264 g/mol. The van der Waals surface area contributed by atoms with Crippen LogP contribution >= 0.6 is 11.6 Å². The summed E-state index contributed by atoms with van der Waals surface area (Å²) in [6.07, 6.45) is 3.51. The first kappa shape index (κ1) is 13.0. The summed E-state index contributed by atoms with van der Waals surface area (Å²) in [5.41, 5.74) is 2.04. The molecule has 0 fully saturated rings. The number of hydrogen-bond acceptors (Lipinski definition) is 2. The van der Waals surface area contributed by atoms with Crippen molar-refractivity contribution in [3.05, 3.63) is 64.7 Å². The first-order chi connectivity index (χ1) is 8.66. The van der Waals surface area contributed by atoms with Crippen molar-refractivity contribution in [2.45, 2.75) is 19.5 Å². The van der Waals surface area contributed by atoms with Crippen LogP contribution in [0.3, 0.4) is 0 Å². The number of nitrogens with one attached hydrogen (secondary N) is 1. The molecule has 1 N–H and O–H groups in total. The molecule has 0 aliphatic carbocycles. The molecule has 0 radical (unpaired) electrons. The van der Waals surface area contributed by atoms with Crippen LogP contribution in [0, 0.1) is 5.82 Å². The van der Waals surface area contributed by atoms with Crippen LogP contribution in [0.4, 0.5) is 4.39 Å². The highest BCUT2D eigenvalue weighted by Gasteiger charge is 2.09. The highest BCUT2D eigenvalue weighted by atomic mass is 35.5. The molecule has 0 amide bonds. The van der Waals surface area contributed by atoms with Crippen LogP contribution in [0.15, 0.2) is 42.7 Å². The van der Waals surface area contributed by atoms with Crippen LogP contribution in [-0.4, -0.2) is 4.98 Å². The van der Waals surface area contributed by atoms with E-state index < -0.39 is 0 Å². The third kappa shape index (κ3) is 3.28. The number of halogens is 2. The lowest BCUT2D eigenvalue weighted by atomic mass is 10.1. The molecule has 2 nitrogen and oxygen atoms in total. The summed E-state index contributed by atoms with van der Waals surface area (Å²) in [7, 11) is 0. The molecule has 2 rings (SSSR count). The van der Waals surface area contributed by atoms with E-state index >= 15 is 0 Å². The summed E-state index contributed by atoms with van der Waals surface area (Å²) in [5, 5.41) is 3.79. The standard InChI is InChI=1S/C14H14ClFN2/c1-10(13-3-2-12(16)8-14(13)15)18-9-11-4-6-17-7-5-11/h2-8,10,18H,9H2,1H3. The Balaban J connectivity index is 2.01. The number of benzene rings is 1. The molecule has 18 heavy (non-hydrogen) atoms. The van der Waals surface area contributed by atoms with Crippen LogP contribution in [-0.2, 0) is 6.54 Å². The smallest absolute Gasteiger partial charge is 0.124 e. The number of aromatic nitrogens is 1. The largest absolute Gasteiger partial charge is 0.306 e. The van der Waals surface area contributed by atoms with Gasteiger partial charge in [-0.25, -0.2) is 4.39 Å². The van der Waals surface area contributed by atoms with Gasteiger partial charge in [-0.3, -0.25) is 4.98 Å². The van der Waals surface area contributed by atoms with E-state index in [9.17, 15) is 4.39 Å². The van der Waals surface area contributed by atoms with E-state index in [-0.39, 0.29) is 11.9 Å². The predicted molar refractivity (Wildman–Crippen MR) is 70.9 cm³/mol. The molecule has 0 saturated carbocycles. The molecule has 0 saturated heterocycles. The van der Waals surface area contributed by atoms with Gasteiger partial charge in [0.05, 0.1) is 0 Å². The lowest BCUT2D eigenvalue weighted by Gasteiger charge is -2.15. The molecule has 4 heteroatoms. The minimum atomic E-state index is -0.315. The van der Waals surface area contributed by atoms with Crippen molar-refractivity contribution in [3.8, 4) is 0 Å². The number of nitrogens with zero attached hydrogens (tertiary/aromatic N) is 1. The van der Waals surface area contributed by atoms with Crippen molar-refractivity contribution in [1.82, 2.24) is 10.3 Å². The highest BCUT2D eigenvalue weighted by molar-refractivity contribution is 6.31. The fraction of sp³-hybridized carbons (Fsp3) is 0.214. The summed E-state index contributed by atoms with van der Waals surface area (Å²) < 4.78 is 12.9. The molecule has 1 unspecified atom stereocenters. The fourth-order valence-corrected chi connectivity index (χ4v) is 2.07. The maximum Gasteiger partial charge on any atom is 0.124 e. The summed E-state index contributed by atoms with van der Waals surface area (Å²) in [4.78, 5) is 3.96.